The Morgan fingerprint density at radius 1 is 0.946 bits per heavy atom. The van der Waals surface area contributed by atoms with E-state index in [4.69, 9.17) is 4.74 Å². The van der Waals surface area contributed by atoms with Gasteiger partial charge in [0, 0.05) is 29.0 Å². The molecule has 0 saturated heterocycles. The van der Waals surface area contributed by atoms with Gasteiger partial charge >= 0.3 is 5.97 Å². The molecular formula is C30H29BrN2O4. The Morgan fingerprint density at radius 2 is 1.57 bits per heavy atom. The van der Waals surface area contributed by atoms with E-state index in [1.54, 1.807) is 33.0 Å². The summed E-state index contributed by atoms with van der Waals surface area (Å²) < 4.78 is 8.20. The van der Waals surface area contributed by atoms with Crippen molar-refractivity contribution in [3.8, 4) is 0 Å². The summed E-state index contributed by atoms with van der Waals surface area (Å²) in [6.45, 7) is 5.79. The van der Waals surface area contributed by atoms with Crippen molar-refractivity contribution in [2.45, 2.75) is 45.4 Å². The second-order valence-corrected chi connectivity index (χ2v) is 10.8. The highest BCUT2D eigenvalue weighted by molar-refractivity contribution is 9.10. The molecule has 0 aliphatic rings. The highest BCUT2D eigenvalue weighted by atomic mass is 79.9. The molecule has 1 atom stereocenters. The summed E-state index contributed by atoms with van der Waals surface area (Å²) in [5.41, 5.74) is 1.43. The lowest BCUT2D eigenvalue weighted by Gasteiger charge is -2.25. The van der Waals surface area contributed by atoms with Crippen LogP contribution in [0, 0.1) is 0 Å². The number of esters is 1. The first-order chi connectivity index (χ1) is 17.6. The van der Waals surface area contributed by atoms with Crippen LogP contribution >= 0.6 is 15.9 Å². The maximum Gasteiger partial charge on any atom is 0.329 e. The average Bonchev–Trinajstić information content (AvgIpc) is 2.85. The molecule has 0 radical (unpaired) electrons. The van der Waals surface area contributed by atoms with E-state index in [0.29, 0.717) is 17.4 Å². The topological polar surface area (TPSA) is 77.4 Å². The summed E-state index contributed by atoms with van der Waals surface area (Å²) in [5.74, 6) is -1.18. The van der Waals surface area contributed by atoms with Crippen molar-refractivity contribution in [1.82, 2.24) is 9.88 Å². The van der Waals surface area contributed by atoms with Crippen LogP contribution in [0.1, 0.15) is 42.3 Å². The first-order valence-electron chi connectivity index (χ1n) is 12.0. The number of benzene rings is 3. The SMILES string of the molecule is CC(C)(C)OC(=O)C(Cc1ccccc1)NC(=O)c1cn(Cc2ccccc2)c2ccc(Br)cc2c1=O. The summed E-state index contributed by atoms with van der Waals surface area (Å²) in [4.78, 5) is 40.0. The molecular weight excluding hydrogens is 532 g/mol. The van der Waals surface area contributed by atoms with Crippen molar-refractivity contribution < 1.29 is 14.3 Å². The van der Waals surface area contributed by atoms with Crippen molar-refractivity contribution in [2.75, 3.05) is 0 Å². The number of fused-ring (bicyclic) bond motifs is 1. The predicted molar refractivity (Wildman–Crippen MR) is 149 cm³/mol. The minimum atomic E-state index is -0.964. The molecule has 0 bridgehead atoms. The maximum absolute atomic E-state index is 13.5. The quantitative estimate of drug-likeness (QED) is 0.303. The third kappa shape index (κ3) is 6.74. The van der Waals surface area contributed by atoms with Gasteiger partial charge in [-0.05, 0) is 50.1 Å². The number of nitrogens with zero attached hydrogens (tertiary/aromatic N) is 1. The largest absolute Gasteiger partial charge is 0.458 e. The van der Waals surface area contributed by atoms with Crippen LogP contribution in [0.2, 0.25) is 0 Å². The molecule has 1 unspecified atom stereocenters. The van der Waals surface area contributed by atoms with Gasteiger partial charge in [-0.2, -0.15) is 0 Å². The van der Waals surface area contributed by atoms with E-state index >= 15 is 0 Å². The summed E-state index contributed by atoms with van der Waals surface area (Å²) in [6, 6.07) is 23.6. The number of aromatic nitrogens is 1. The lowest BCUT2D eigenvalue weighted by molar-refractivity contribution is -0.157. The zero-order valence-electron chi connectivity index (χ0n) is 21.0. The molecule has 0 spiro atoms. The monoisotopic (exact) mass is 560 g/mol. The van der Waals surface area contributed by atoms with Gasteiger partial charge in [-0.3, -0.25) is 9.59 Å². The molecule has 0 fully saturated rings. The second kappa shape index (κ2) is 11.1. The standard InChI is InChI=1S/C30H29BrN2O4/c1-30(2,3)37-29(36)25(16-20-10-6-4-7-11-20)32-28(35)24-19-33(18-21-12-8-5-9-13-21)26-15-14-22(31)17-23(26)27(24)34/h4-15,17,19,25H,16,18H2,1-3H3,(H,32,35). The third-order valence-electron chi connectivity index (χ3n) is 5.76. The van der Waals surface area contributed by atoms with Crippen molar-refractivity contribution >= 4 is 38.7 Å². The molecule has 190 valence electrons. The first kappa shape index (κ1) is 26.4. The van der Waals surface area contributed by atoms with Crippen molar-refractivity contribution in [1.29, 1.82) is 0 Å². The van der Waals surface area contributed by atoms with Crippen LogP contribution < -0.4 is 10.7 Å². The van der Waals surface area contributed by atoms with Crippen molar-refractivity contribution in [3.05, 3.63) is 116 Å². The van der Waals surface area contributed by atoms with Gasteiger partial charge in [-0.1, -0.05) is 76.6 Å². The van der Waals surface area contributed by atoms with Gasteiger partial charge < -0.3 is 14.6 Å². The second-order valence-electron chi connectivity index (χ2n) is 9.90. The van der Waals surface area contributed by atoms with Gasteiger partial charge in [0.25, 0.3) is 5.91 Å². The molecule has 4 aromatic rings. The lowest BCUT2D eigenvalue weighted by atomic mass is 10.0. The number of halogens is 1. The number of pyridine rings is 1. The number of hydrogen-bond acceptors (Lipinski definition) is 4. The summed E-state index contributed by atoms with van der Waals surface area (Å²) in [5, 5.41) is 3.19. The fourth-order valence-electron chi connectivity index (χ4n) is 4.09. The molecule has 0 aliphatic heterocycles. The van der Waals surface area contributed by atoms with E-state index in [2.05, 4.69) is 21.2 Å². The van der Waals surface area contributed by atoms with Gasteiger partial charge in [-0.15, -0.1) is 0 Å². The summed E-state index contributed by atoms with van der Waals surface area (Å²) >= 11 is 3.43. The van der Waals surface area contributed by atoms with Crippen LogP contribution in [0.25, 0.3) is 10.9 Å². The van der Waals surface area contributed by atoms with Gasteiger partial charge in [-0.25, -0.2) is 4.79 Å². The highest BCUT2D eigenvalue weighted by Gasteiger charge is 2.28. The number of amides is 1. The van der Waals surface area contributed by atoms with Crippen molar-refractivity contribution in [3.63, 3.8) is 0 Å². The zero-order valence-corrected chi connectivity index (χ0v) is 22.6. The molecule has 7 heteroatoms. The third-order valence-corrected chi connectivity index (χ3v) is 6.26. The summed E-state index contributed by atoms with van der Waals surface area (Å²) in [6.07, 6.45) is 1.80. The van der Waals surface area contributed by atoms with Crippen LogP contribution in [-0.4, -0.2) is 28.1 Å². The Hall–Kier alpha value is -3.71. The number of ether oxygens (including phenoxy) is 1. The molecule has 1 aromatic heterocycles. The van der Waals surface area contributed by atoms with E-state index in [0.717, 1.165) is 15.6 Å². The normalized spacial score (nSPS) is 12.2. The minimum absolute atomic E-state index is 0.0387. The molecule has 1 amide bonds. The minimum Gasteiger partial charge on any atom is -0.458 e. The van der Waals surface area contributed by atoms with Crippen LogP contribution in [0.4, 0.5) is 0 Å². The van der Waals surface area contributed by atoms with E-state index in [1.165, 1.54) is 0 Å². The number of carbonyl (C=O) groups is 2. The maximum atomic E-state index is 13.5. The van der Waals surface area contributed by atoms with E-state index in [-0.39, 0.29) is 12.0 Å². The van der Waals surface area contributed by atoms with Crippen LogP contribution in [0.15, 0.2) is 94.3 Å². The Labute approximate surface area is 224 Å². The lowest BCUT2D eigenvalue weighted by Crippen LogP contribution is -2.46. The summed E-state index contributed by atoms with van der Waals surface area (Å²) in [7, 11) is 0. The van der Waals surface area contributed by atoms with Gasteiger partial charge in [0.2, 0.25) is 5.43 Å². The molecule has 1 heterocycles. The van der Waals surface area contributed by atoms with E-state index < -0.39 is 28.9 Å². The Balaban J connectivity index is 1.73. The smallest absolute Gasteiger partial charge is 0.329 e. The zero-order chi connectivity index (χ0) is 26.6. The predicted octanol–water partition coefficient (Wildman–Crippen LogP) is 5.50. The first-order valence-corrected chi connectivity index (χ1v) is 12.8. The van der Waals surface area contributed by atoms with Gasteiger partial charge in [0.15, 0.2) is 0 Å². The van der Waals surface area contributed by atoms with Gasteiger partial charge in [0.05, 0.1) is 5.52 Å². The number of hydrogen-bond donors (Lipinski definition) is 1. The fraction of sp³-hybridized carbons (Fsp3) is 0.233. The van der Waals surface area contributed by atoms with Crippen molar-refractivity contribution in [2.24, 2.45) is 0 Å². The number of nitrogens with one attached hydrogen (secondary N) is 1. The number of carbonyl (C=O) groups excluding carboxylic acids is 2. The van der Waals surface area contributed by atoms with E-state index in [1.807, 2.05) is 77.4 Å². The highest BCUT2D eigenvalue weighted by Crippen LogP contribution is 2.20. The molecule has 37 heavy (non-hydrogen) atoms. The molecule has 0 saturated carbocycles. The molecule has 6 nitrogen and oxygen atoms in total. The molecule has 0 aliphatic carbocycles. The Morgan fingerprint density at radius 3 is 2.19 bits per heavy atom. The van der Waals surface area contributed by atoms with E-state index in [9.17, 15) is 14.4 Å². The fourth-order valence-corrected chi connectivity index (χ4v) is 4.46. The van der Waals surface area contributed by atoms with Gasteiger partial charge in [0.1, 0.15) is 17.2 Å². The Kier molecular flexibility index (Phi) is 7.93. The van der Waals surface area contributed by atoms with Crippen LogP contribution in [0.3, 0.4) is 0 Å². The van der Waals surface area contributed by atoms with Crippen LogP contribution in [-0.2, 0) is 22.5 Å². The number of rotatable bonds is 7. The Bertz CT molecular complexity index is 1470. The average molecular weight is 561 g/mol. The van der Waals surface area contributed by atoms with Crippen LogP contribution in [0.5, 0.6) is 0 Å². The molecule has 3 aromatic carbocycles. The molecule has 1 N–H and O–H groups in total. The molecule has 4 rings (SSSR count).